The number of fused-ring (bicyclic) bond motifs is 5. The van der Waals surface area contributed by atoms with E-state index in [2.05, 4.69) is 10.3 Å². The van der Waals surface area contributed by atoms with Crippen LogP contribution in [0, 0.1) is 0 Å². The molecule has 0 aromatic carbocycles. The molecule has 0 saturated carbocycles. The highest BCUT2D eigenvalue weighted by Gasteiger charge is 2.60. The molecule has 0 spiro atoms. The first kappa shape index (κ1) is 17.4. The number of carbonyl (C=O) groups excluding carboxylic acids is 2. The van der Waals surface area contributed by atoms with Crippen molar-refractivity contribution in [3.63, 3.8) is 0 Å². The third-order valence-electron chi connectivity index (χ3n) is 4.67. The standard InChI is InChI=1S/C16H21N3O7/c1-5-22-14(21)10-8-6-9(23-7(2)20)12-11(19(8)18-17-10)13-15(24-12)26-16(3,4)25-13/h9,11-13,15H,5-6H2,1-4H3/t9-,11+,12-,13-,15-/m1/s1. The first-order chi connectivity index (χ1) is 12.3. The molecule has 4 rings (SSSR count). The van der Waals surface area contributed by atoms with E-state index in [1.165, 1.54) is 6.92 Å². The lowest BCUT2D eigenvalue weighted by Crippen LogP contribution is -2.46. The Balaban J connectivity index is 1.73. The summed E-state index contributed by atoms with van der Waals surface area (Å²) in [5, 5.41) is 8.12. The summed E-state index contributed by atoms with van der Waals surface area (Å²) in [7, 11) is 0. The fourth-order valence-corrected chi connectivity index (χ4v) is 3.83. The topological polar surface area (TPSA) is 111 Å². The van der Waals surface area contributed by atoms with Gasteiger partial charge in [0, 0.05) is 13.3 Å². The Morgan fingerprint density at radius 2 is 2.08 bits per heavy atom. The van der Waals surface area contributed by atoms with Gasteiger partial charge in [0.05, 0.1) is 12.3 Å². The number of carbonyl (C=O) groups is 2. The SMILES string of the molecule is CCOC(=O)c1nnn2c1C[C@@H](OC(C)=O)[C@H]1O[C@@H]3OC(C)(C)O[C@@H]3[C@H]12. The van der Waals surface area contributed by atoms with Crippen LogP contribution < -0.4 is 0 Å². The van der Waals surface area contributed by atoms with Crippen molar-refractivity contribution in [1.29, 1.82) is 0 Å². The largest absolute Gasteiger partial charge is 0.461 e. The van der Waals surface area contributed by atoms with E-state index >= 15 is 0 Å². The number of hydrogen-bond donors (Lipinski definition) is 0. The Labute approximate surface area is 149 Å². The maximum atomic E-state index is 12.2. The monoisotopic (exact) mass is 367 g/mol. The molecule has 10 nitrogen and oxygen atoms in total. The van der Waals surface area contributed by atoms with Crippen molar-refractivity contribution in [3.05, 3.63) is 11.4 Å². The van der Waals surface area contributed by atoms with E-state index in [1.54, 1.807) is 25.5 Å². The molecule has 0 radical (unpaired) electrons. The normalized spacial score (nSPS) is 33.9. The molecule has 2 saturated heterocycles. The molecule has 0 amide bonds. The molecule has 1 aromatic heterocycles. The molecule has 3 aliphatic heterocycles. The second kappa shape index (κ2) is 6.00. The van der Waals surface area contributed by atoms with Gasteiger partial charge in [-0.3, -0.25) is 4.79 Å². The molecule has 5 atom stereocenters. The number of hydrogen-bond acceptors (Lipinski definition) is 9. The van der Waals surface area contributed by atoms with E-state index in [0.29, 0.717) is 5.69 Å². The minimum atomic E-state index is -0.806. The molecule has 2 fully saturated rings. The summed E-state index contributed by atoms with van der Waals surface area (Å²) >= 11 is 0. The highest BCUT2D eigenvalue weighted by Crippen LogP contribution is 2.47. The van der Waals surface area contributed by atoms with Gasteiger partial charge >= 0.3 is 11.9 Å². The minimum Gasteiger partial charge on any atom is -0.461 e. The number of rotatable bonds is 3. The Morgan fingerprint density at radius 1 is 1.31 bits per heavy atom. The van der Waals surface area contributed by atoms with Crippen molar-refractivity contribution >= 4 is 11.9 Å². The average molecular weight is 367 g/mol. The predicted molar refractivity (Wildman–Crippen MR) is 83.0 cm³/mol. The fraction of sp³-hybridized carbons (Fsp3) is 0.750. The summed E-state index contributed by atoms with van der Waals surface area (Å²) < 4.78 is 29.9. The van der Waals surface area contributed by atoms with Gasteiger partial charge in [-0.05, 0) is 20.8 Å². The maximum Gasteiger partial charge on any atom is 0.360 e. The Morgan fingerprint density at radius 3 is 2.77 bits per heavy atom. The molecule has 0 aliphatic carbocycles. The van der Waals surface area contributed by atoms with E-state index in [1.807, 2.05) is 0 Å². The highest BCUT2D eigenvalue weighted by molar-refractivity contribution is 5.88. The highest BCUT2D eigenvalue weighted by atomic mass is 16.8. The van der Waals surface area contributed by atoms with Gasteiger partial charge in [-0.2, -0.15) is 0 Å². The molecular weight excluding hydrogens is 346 g/mol. The number of esters is 2. The lowest BCUT2D eigenvalue weighted by atomic mass is 9.94. The quantitative estimate of drug-likeness (QED) is 0.699. The van der Waals surface area contributed by atoms with Crippen LogP contribution in [-0.2, 0) is 34.9 Å². The molecule has 3 aliphatic rings. The van der Waals surface area contributed by atoms with Gasteiger partial charge in [-0.15, -0.1) is 5.10 Å². The molecule has 26 heavy (non-hydrogen) atoms. The van der Waals surface area contributed by atoms with Crippen LogP contribution >= 0.6 is 0 Å². The van der Waals surface area contributed by atoms with E-state index in [0.717, 1.165) is 0 Å². The lowest BCUT2D eigenvalue weighted by molar-refractivity contribution is -0.224. The van der Waals surface area contributed by atoms with Gasteiger partial charge in [0.25, 0.3) is 0 Å². The lowest BCUT2D eigenvalue weighted by Gasteiger charge is -2.35. The van der Waals surface area contributed by atoms with E-state index in [-0.39, 0.29) is 18.7 Å². The minimum absolute atomic E-state index is 0.115. The summed E-state index contributed by atoms with van der Waals surface area (Å²) in [6.07, 6.45) is -1.93. The average Bonchev–Trinajstić information content (AvgIpc) is 3.16. The molecule has 0 bridgehead atoms. The third kappa shape index (κ3) is 2.68. The van der Waals surface area contributed by atoms with Crippen LogP contribution in [0.25, 0.3) is 0 Å². The van der Waals surface area contributed by atoms with Crippen LogP contribution in [0.3, 0.4) is 0 Å². The van der Waals surface area contributed by atoms with Gasteiger partial charge in [0.15, 0.2) is 17.8 Å². The Bertz CT molecular complexity index is 746. The second-order valence-electron chi connectivity index (χ2n) is 6.96. The summed E-state index contributed by atoms with van der Waals surface area (Å²) in [4.78, 5) is 23.7. The summed E-state index contributed by atoms with van der Waals surface area (Å²) in [5.41, 5.74) is 0.651. The number of ether oxygens (including phenoxy) is 5. The molecule has 142 valence electrons. The van der Waals surface area contributed by atoms with Gasteiger partial charge in [0.1, 0.15) is 24.4 Å². The van der Waals surface area contributed by atoms with Crippen LogP contribution in [0.4, 0.5) is 0 Å². The summed E-state index contributed by atoms with van der Waals surface area (Å²) in [5.74, 6) is -1.80. The molecule has 4 heterocycles. The van der Waals surface area contributed by atoms with Crippen LogP contribution in [0.15, 0.2) is 0 Å². The van der Waals surface area contributed by atoms with Crippen LogP contribution in [0.2, 0.25) is 0 Å². The smallest absolute Gasteiger partial charge is 0.360 e. The number of aromatic nitrogens is 3. The van der Waals surface area contributed by atoms with Gasteiger partial charge in [-0.25, -0.2) is 9.48 Å². The molecule has 0 unspecified atom stereocenters. The Hall–Kier alpha value is -2.04. The molecule has 0 N–H and O–H groups in total. The zero-order chi connectivity index (χ0) is 18.6. The van der Waals surface area contributed by atoms with Crippen LogP contribution in [0.1, 0.15) is 49.9 Å². The third-order valence-corrected chi connectivity index (χ3v) is 4.67. The Kier molecular flexibility index (Phi) is 4.01. The van der Waals surface area contributed by atoms with Crippen molar-refractivity contribution < 1.29 is 33.3 Å². The van der Waals surface area contributed by atoms with Gasteiger partial charge < -0.3 is 23.7 Å². The first-order valence-electron chi connectivity index (χ1n) is 8.60. The summed E-state index contributed by atoms with van der Waals surface area (Å²) in [6, 6.07) is -0.425. The van der Waals surface area contributed by atoms with E-state index in [9.17, 15) is 9.59 Å². The summed E-state index contributed by atoms with van der Waals surface area (Å²) in [6.45, 7) is 6.86. The van der Waals surface area contributed by atoms with Crippen LogP contribution in [0.5, 0.6) is 0 Å². The van der Waals surface area contributed by atoms with Crippen molar-refractivity contribution in [2.75, 3.05) is 6.61 Å². The molecule has 10 heteroatoms. The zero-order valence-electron chi connectivity index (χ0n) is 15.0. The van der Waals surface area contributed by atoms with E-state index in [4.69, 9.17) is 23.7 Å². The predicted octanol–water partition coefficient (Wildman–Crippen LogP) is 0.360. The zero-order valence-corrected chi connectivity index (χ0v) is 15.0. The van der Waals surface area contributed by atoms with Crippen molar-refractivity contribution in [2.24, 2.45) is 0 Å². The van der Waals surface area contributed by atoms with Crippen molar-refractivity contribution in [1.82, 2.24) is 15.0 Å². The number of nitrogens with zero attached hydrogens (tertiary/aromatic N) is 3. The first-order valence-corrected chi connectivity index (χ1v) is 8.60. The van der Waals surface area contributed by atoms with Crippen molar-refractivity contribution in [2.45, 2.75) is 70.5 Å². The maximum absolute atomic E-state index is 12.2. The molecular formula is C16H21N3O7. The van der Waals surface area contributed by atoms with Crippen LogP contribution in [-0.4, -0.2) is 63.9 Å². The molecule has 1 aromatic rings. The fourth-order valence-electron chi connectivity index (χ4n) is 3.83. The van der Waals surface area contributed by atoms with E-state index < -0.39 is 48.4 Å². The van der Waals surface area contributed by atoms with Crippen molar-refractivity contribution in [3.8, 4) is 0 Å². The van der Waals surface area contributed by atoms with Gasteiger partial charge in [-0.1, -0.05) is 5.21 Å². The van der Waals surface area contributed by atoms with Gasteiger partial charge in [0.2, 0.25) is 0 Å². The second-order valence-corrected chi connectivity index (χ2v) is 6.96.